The van der Waals surface area contributed by atoms with Crippen molar-refractivity contribution in [2.24, 2.45) is 0 Å². The molecule has 0 heterocycles. The van der Waals surface area contributed by atoms with Crippen LogP contribution in [0.2, 0.25) is 0 Å². The average Bonchev–Trinajstić information content (AvgIpc) is 2.13. The Labute approximate surface area is 89.2 Å². The van der Waals surface area contributed by atoms with Gasteiger partial charge in [-0.25, -0.2) is 9.21 Å². The zero-order valence-electron chi connectivity index (χ0n) is 8.49. The maximum Gasteiger partial charge on any atom is 0.333 e. The summed E-state index contributed by atoms with van der Waals surface area (Å²) in [5.74, 6) is -0.498. The van der Waals surface area contributed by atoms with Gasteiger partial charge in [0.25, 0.3) is 0 Å². The number of nitrogens with zero attached hydrogens (tertiary/aromatic N) is 1. The van der Waals surface area contributed by atoms with E-state index in [1.165, 1.54) is 4.42 Å². The van der Waals surface area contributed by atoms with Gasteiger partial charge in [-0.2, -0.15) is 0 Å². The van der Waals surface area contributed by atoms with Crippen molar-refractivity contribution in [3.63, 3.8) is 0 Å². The van der Waals surface area contributed by atoms with Crippen molar-refractivity contribution in [3.05, 3.63) is 12.2 Å². The third kappa shape index (κ3) is 5.96. The van der Waals surface area contributed by atoms with E-state index in [1.54, 1.807) is 6.92 Å². The van der Waals surface area contributed by atoms with Crippen LogP contribution in [0.3, 0.4) is 0 Å². The summed E-state index contributed by atoms with van der Waals surface area (Å²) in [6.07, 6.45) is -0.768. The molecule has 0 fully saturated rings. The van der Waals surface area contributed by atoms with E-state index < -0.39 is 12.1 Å². The van der Waals surface area contributed by atoms with Gasteiger partial charge in [0.15, 0.2) is 0 Å². The second-order valence-corrected chi connectivity index (χ2v) is 3.47. The summed E-state index contributed by atoms with van der Waals surface area (Å²) in [6, 6.07) is 0. The van der Waals surface area contributed by atoms with Gasteiger partial charge in [-0.1, -0.05) is 13.5 Å². The van der Waals surface area contributed by atoms with E-state index in [4.69, 9.17) is 16.5 Å². The fourth-order valence-electron chi connectivity index (χ4n) is 0.706. The molecule has 0 rings (SSSR count). The first kappa shape index (κ1) is 13.4. The van der Waals surface area contributed by atoms with Gasteiger partial charge in [-0.3, -0.25) is 0 Å². The largest absolute Gasteiger partial charge is 0.460 e. The molecule has 0 saturated heterocycles. The van der Waals surface area contributed by atoms with Crippen LogP contribution in [0.1, 0.15) is 13.8 Å². The summed E-state index contributed by atoms with van der Waals surface area (Å²) in [5.41, 5.74) is 0.315. The van der Waals surface area contributed by atoms with E-state index >= 15 is 0 Å². The molecule has 0 radical (unpaired) electrons. The van der Waals surface area contributed by atoms with Gasteiger partial charge >= 0.3 is 5.97 Å². The molecule has 0 aromatic carbocycles. The maximum atomic E-state index is 10.9. The zero-order chi connectivity index (χ0) is 11.1. The Morgan fingerprint density at radius 3 is 2.71 bits per heavy atom. The smallest absolute Gasteiger partial charge is 0.333 e. The lowest BCUT2D eigenvalue weighted by molar-refractivity contribution is -0.142. The number of halogens is 1. The number of ether oxygens (including phenoxy) is 1. The number of hydrogen-bond donors (Lipinski definition) is 1. The maximum absolute atomic E-state index is 10.9. The topological polar surface area (TPSA) is 49.8 Å². The predicted octanol–water partition coefficient (Wildman–Crippen LogP) is 0.942. The average molecular weight is 222 g/mol. The Balaban J connectivity index is 3.68. The highest BCUT2D eigenvalue weighted by Gasteiger charge is 2.11. The highest BCUT2D eigenvalue weighted by atomic mass is 35.5. The van der Waals surface area contributed by atoms with Crippen LogP contribution in [-0.2, 0) is 9.53 Å². The first-order chi connectivity index (χ1) is 6.47. The number of carbonyl (C=O) groups is 1. The normalized spacial score (nSPS) is 12.6. The third-order valence-electron chi connectivity index (χ3n) is 1.51. The summed E-state index contributed by atoms with van der Waals surface area (Å²) in [7, 11) is 0. The Morgan fingerprint density at radius 2 is 2.29 bits per heavy atom. The van der Waals surface area contributed by atoms with Gasteiger partial charge in [0.05, 0.1) is 0 Å². The first-order valence-corrected chi connectivity index (χ1v) is 4.72. The molecule has 0 aliphatic carbocycles. The van der Waals surface area contributed by atoms with Gasteiger partial charge in [-0.15, -0.1) is 0 Å². The van der Waals surface area contributed by atoms with E-state index in [1.807, 2.05) is 6.92 Å². The molecule has 0 saturated carbocycles. The van der Waals surface area contributed by atoms with Crippen molar-refractivity contribution in [1.82, 2.24) is 4.42 Å². The molecule has 0 amide bonds. The quantitative estimate of drug-likeness (QED) is 0.412. The molecule has 0 aliphatic heterocycles. The summed E-state index contributed by atoms with van der Waals surface area (Å²) < 4.78 is 6.15. The molecule has 0 spiro atoms. The predicted molar refractivity (Wildman–Crippen MR) is 54.9 cm³/mol. The molecule has 82 valence electrons. The third-order valence-corrected chi connectivity index (χ3v) is 1.88. The summed E-state index contributed by atoms with van der Waals surface area (Å²) in [4.78, 5) is 10.9. The van der Waals surface area contributed by atoms with E-state index in [-0.39, 0.29) is 13.2 Å². The molecule has 1 unspecified atom stereocenters. The molecular formula is C9H16ClNO3. The highest BCUT2D eigenvalue weighted by Crippen LogP contribution is 1.98. The van der Waals surface area contributed by atoms with Crippen LogP contribution in [0, 0.1) is 0 Å². The minimum atomic E-state index is -0.768. The van der Waals surface area contributed by atoms with Gasteiger partial charge in [0.2, 0.25) is 0 Å². The lowest BCUT2D eigenvalue weighted by Crippen LogP contribution is -2.30. The molecular weight excluding hydrogens is 206 g/mol. The van der Waals surface area contributed by atoms with Crippen LogP contribution in [0.4, 0.5) is 0 Å². The SMILES string of the molecule is C=C(C)C(=O)OCC(O)CN(Cl)CC. The van der Waals surface area contributed by atoms with Crippen LogP contribution in [0.5, 0.6) is 0 Å². The van der Waals surface area contributed by atoms with Crippen LogP contribution >= 0.6 is 11.8 Å². The van der Waals surface area contributed by atoms with Crippen LogP contribution in [0.15, 0.2) is 12.2 Å². The number of rotatable bonds is 6. The fraction of sp³-hybridized carbons (Fsp3) is 0.667. The number of hydrogen-bond acceptors (Lipinski definition) is 4. The summed E-state index contributed by atoms with van der Waals surface area (Å²) >= 11 is 5.65. The number of carbonyl (C=O) groups excluding carboxylic acids is 1. The van der Waals surface area contributed by atoms with Gasteiger partial charge in [-0.05, 0) is 18.7 Å². The molecule has 14 heavy (non-hydrogen) atoms. The lowest BCUT2D eigenvalue weighted by Gasteiger charge is -2.16. The minimum absolute atomic E-state index is 0.0606. The van der Waals surface area contributed by atoms with Crippen molar-refractivity contribution in [1.29, 1.82) is 0 Å². The summed E-state index contributed by atoms with van der Waals surface area (Å²) in [5, 5.41) is 9.35. The Kier molecular flexibility index (Phi) is 6.53. The lowest BCUT2D eigenvalue weighted by atomic mass is 10.3. The molecule has 1 atom stereocenters. The molecule has 1 N–H and O–H groups in total. The van der Waals surface area contributed by atoms with E-state index in [2.05, 4.69) is 6.58 Å². The molecule has 4 nitrogen and oxygen atoms in total. The number of esters is 1. The van der Waals surface area contributed by atoms with Crippen molar-refractivity contribution >= 4 is 17.7 Å². The molecule has 0 aromatic rings. The molecule has 5 heteroatoms. The molecule has 0 aromatic heterocycles. The van der Waals surface area contributed by atoms with Crippen molar-refractivity contribution < 1.29 is 14.6 Å². The second-order valence-electron chi connectivity index (χ2n) is 2.99. The molecule has 0 bridgehead atoms. The monoisotopic (exact) mass is 221 g/mol. The minimum Gasteiger partial charge on any atom is -0.460 e. The summed E-state index contributed by atoms with van der Waals surface area (Å²) in [6.45, 7) is 7.65. The first-order valence-electron chi connectivity index (χ1n) is 4.38. The standard InChI is InChI=1S/C9H16ClNO3/c1-4-11(10)5-8(12)6-14-9(13)7(2)3/h8,12H,2,4-6H2,1,3H3. The van der Waals surface area contributed by atoms with Crippen molar-refractivity contribution in [3.8, 4) is 0 Å². The highest BCUT2D eigenvalue weighted by molar-refractivity contribution is 6.13. The van der Waals surface area contributed by atoms with E-state index in [0.29, 0.717) is 12.1 Å². The van der Waals surface area contributed by atoms with Crippen LogP contribution < -0.4 is 0 Å². The van der Waals surface area contributed by atoms with Gasteiger partial charge in [0, 0.05) is 18.7 Å². The number of aliphatic hydroxyl groups excluding tert-OH is 1. The second kappa shape index (κ2) is 6.81. The van der Waals surface area contributed by atoms with Gasteiger partial charge in [0.1, 0.15) is 12.7 Å². The Bertz CT molecular complexity index is 208. The Morgan fingerprint density at radius 1 is 1.71 bits per heavy atom. The van der Waals surface area contributed by atoms with Crippen LogP contribution in [0.25, 0.3) is 0 Å². The van der Waals surface area contributed by atoms with Crippen LogP contribution in [-0.4, -0.2) is 41.3 Å². The van der Waals surface area contributed by atoms with Gasteiger partial charge < -0.3 is 9.84 Å². The zero-order valence-corrected chi connectivity index (χ0v) is 9.25. The number of aliphatic hydroxyl groups is 1. The van der Waals surface area contributed by atoms with Crippen molar-refractivity contribution in [2.45, 2.75) is 20.0 Å². The Hall–Kier alpha value is -0.580. The number of likely N-dealkylation sites (N-methyl/N-ethyl adjacent to an activating group) is 1. The van der Waals surface area contributed by atoms with Crippen molar-refractivity contribution in [2.75, 3.05) is 19.7 Å². The van der Waals surface area contributed by atoms with E-state index in [9.17, 15) is 9.90 Å². The van der Waals surface area contributed by atoms with E-state index in [0.717, 1.165) is 0 Å². The molecule has 0 aliphatic rings. The fourth-order valence-corrected chi connectivity index (χ4v) is 0.865.